The fraction of sp³-hybridized carbons (Fsp3) is 0.571. The molecular formula is C7H13N3S. The number of hydrogen-bond donors (Lipinski definition) is 2. The van der Waals surface area contributed by atoms with Gasteiger partial charge in [0.2, 0.25) is 0 Å². The number of nitrogens with two attached hydrogens (primary N) is 1. The largest absolute Gasteiger partial charge is 0.327 e. The van der Waals surface area contributed by atoms with Crippen LogP contribution in [0.2, 0.25) is 0 Å². The van der Waals surface area contributed by atoms with Gasteiger partial charge in [-0.25, -0.2) is 0 Å². The molecule has 1 atom stereocenters. The molecule has 3 N–H and O–H groups in total. The van der Waals surface area contributed by atoms with Gasteiger partial charge in [-0.3, -0.25) is 4.98 Å². The molecular weight excluding hydrogens is 158 g/mol. The van der Waals surface area contributed by atoms with Gasteiger partial charge >= 0.3 is 0 Å². The molecule has 1 rings (SSSR count). The molecule has 0 radical (unpaired) electrons. The predicted octanol–water partition coefficient (Wildman–Crippen LogP) is 0.580. The number of aromatic nitrogens is 1. The van der Waals surface area contributed by atoms with Crippen molar-refractivity contribution in [3.05, 3.63) is 16.6 Å². The van der Waals surface area contributed by atoms with Crippen molar-refractivity contribution in [2.24, 2.45) is 5.73 Å². The summed E-state index contributed by atoms with van der Waals surface area (Å²) in [6.45, 7) is 3.73. The van der Waals surface area contributed by atoms with Gasteiger partial charge in [-0.15, -0.1) is 11.3 Å². The van der Waals surface area contributed by atoms with Crippen LogP contribution in [0.5, 0.6) is 0 Å². The molecule has 0 saturated heterocycles. The van der Waals surface area contributed by atoms with Crippen LogP contribution in [0.1, 0.15) is 11.8 Å². The Morgan fingerprint density at radius 1 is 1.82 bits per heavy atom. The van der Waals surface area contributed by atoms with Crippen LogP contribution in [0.15, 0.2) is 11.7 Å². The van der Waals surface area contributed by atoms with E-state index in [0.29, 0.717) is 0 Å². The fourth-order valence-corrected chi connectivity index (χ4v) is 1.32. The lowest BCUT2D eigenvalue weighted by atomic mass is 10.3. The van der Waals surface area contributed by atoms with Crippen molar-refractivity contribution in [1.29, 1.82) is 0 Å². The van der Waals surface area contributed by atoms with Gasteiger partial charge in [-0.05, 0) is 6.92 Å². The minimum absolute atomic E-state index is 0.225. The Kier molecular flexibility index (Phi) is 3.48. The molecule has 1 unspecified atom stereocenters. The Hall–Kier alpha value is -0.450. The van der Waals surface area contributed by atoms with Crippen LogP contribution in [0.25, 0.3) is 0 Å². The van der Waals surface area contributed by atoms with Gasteiger partial charge in [0.15, 0.2) is 0 Å². The SMILES string of the molecule is CC(N)CNCc1cncs1. The minimum Gasteiger partial charge on any atom is -0.327 e. The van der Waals surface area contributed by atoms with Crippen molar-refractivity contribution in [1.82, 2.24) is 10.3 Å². The van der Waals surface area contributed by atoms with Crippen molar-refractivity contribution in [3.63, 3.8) is 0 Å². The number of hydrogen-bond acceptors (Lipinski definition) is 4. The van der Waals surface area contributed by atoms with Crippen molar-refractivity contribution >= 4 is 11.3 Å². The Balaban J connectivity index is 2.14. The molecule has 0 spiro atoms. The van der Waals surface area contributed by atoms with Crippen LogP contribution in [0.4, 0.5) is 0 Å². The third-order valence-corrected chi connectivity index (χ3v) is 2.03. The number of thiazole rings is 1. The van der Waals surface area contributed by atoms with E-state index >= 15 is 0 Å². The first-order valence-corrected chi connectivity index (χ1v) is 4.50. The molecule has 0 fully saturated rings. The van der Waals surface area contributed by atoms with Gasteiger partial charge in [0.25, 0.3) is 0 Å². The highest BCUT2D eigenvalue weighted by atomic mass is 32.1. The average Bonchev–Trinajstić information content (AvgIpc) is 2.39. The first-order valence-electron chi connectivity index (χ1n) is 3.62. The summed E-state index contributed by atoms with van der Waals surface area (Å²) in [6.07, 6.45) is 1.87. The van der Waals surface area contributed by atoms with Crippen LogP contribution in [0, 0.1) is 0 Å². The summed E-state index contributed by atoms with van der Waals surface area (Å²) in [5.41, 5.74) is 7.39. The minimum atomic E-state index is 0.225. The molecule has 3 nitrogen and oxygen atoms in total. The van der Waals surface area contributed by atoms with E-state index in [-0.39, 0.29) is 6.04 Å². The molecule has 11 heavy (non-hydrogen) atoms. The maximum Gasteiger partial charge on any atom is 0.0794 e. The van der Waals surface area contributed by atoms with Crippen LogP contribution in [-0.2, 0) is 6.54 Å². The molecule has 0 aromatic carbocycles. The molecule has 1 heterocycles. The summed E-state index contributed by atoms with van der Waals surface area (Å²) < 4.78 is 0. The van der Waals surface area contributed by atoms with E-state index in [0.717, 1.165) is 13.1 Å². The van der Waals surface area contributed by atoms with E-state index < -0.39 is 0 Å². The third kappa shape index (κ3) is 3.46. The smallest absolute Gasteiger partial charge is 0.0794 e. The average molecular weight is 171 g/mol. The zero-order valence-corrected chi connectivity index (χ0v) is 7.40. The highest BCUT2D eigenvalue weighted by Crippen LogP contribution is 2.03. The zero-order valence-electron chi connectivity index (χ0n) is 6.58. The Bertz CT molecular complexity index is 184. The quantitative estimate of drug-likeness (QED) is 0.696. The van der Waals surface area contributed by atoms with E-state index in [2.05, 4.69) is 10.3 Å². The molecule has 0 aliphatic carbocycles. The second-order valence-electron chi connectivity index (χ2n) is 2.58. The first kappa shape index (κ1) is 8.64. The molecule has 0 saturated carbocycles. The topological polar surface area (TPSA) is 50.9 Å². The lowest BCUT2D eigenvalue weighted by Gasteiger charge is -2.04. The summed E-state index contributed by atoms with van der Waals surface area (Å²) in [5.74, 6) is 0. The van der Waals surface area contributed by atoms with E-state index in [9.17, 15) is 0 Å². The van der Waals surface area contributed by atoms with E-state index in [1.807, 2.05) is 18.6 Å². The molecule has 0 bridgehead atoms. The monoisotopic (exact) mass is 171 g/mol. The van der Waals surface area contributed by atoms with Crippen molar-refractivity contribution in [3.8, 4) is 0 Å². The standard InChI is InChI=1S/C7H13N3S/c1-6(8)2-9-3-7-4-10-5-11-7/h4-6,9H,2-3,8H2,1H3. The normalized spacial score (nSPS) is 13.3. The number of nitrogens with zero attached hydrogens (tertiary/aromatic N) is 1. The second-order valence-corrected chi connectivity index (χ2v) is 3.55. The van der Waals surface area contributed by atoms with Gasteiger partial charge in [-0.1, -0.05) is 0 Å². The number of nitrogens with one attached hydrogen (secondary N) is 1. The maximum atomic E-state index is 5.56. The molecule has 0 aliphatic rings. The Labute approximate surface area is 70.6 Å². The van der Waals surface area contributed by atoms with Crippen LogP contribution in [0.3, 0.4) is 0 Å². The molecule has 0 aliphatic heterocycles. The lowest BCUT2D eigenvalue weighted by Crippen LogP contribution is -2.30. The summed E-state index contributed by atoms with van der Waals surface area (Å²) in [4.78, 5) is 5.22. The Morgan fingerprint density at radius 2 is 2.64 bits per heavy atom. The highest BCUT2D eigenvalue weighted by Gasteiger charge is 1.95. The Morgan fingerprint density at radius 3 is 3.18 bits per heavy atom. The molecule has 1 aromatic heterocycles. The van der Waals surface area contributed by atoms with Gasteiger partial charge in [0.1, 0.15) is 0 Å². The van der Waals surface area contributed by atoms with Crippen molar-refractivity contribution in [2.45, 2.75) is 19.5 Å². The van der Waals surface area contributed by atoms with E-state index in [1.165, 1.54) is 4.88 Å². The van der Waals surface area contributed by atoms with Crippen LogP contribution >= 0.6 is 11.3 Å². The lowest BCUT2D eigenvalue weighted by molar-refractivity contribution is 0.611. The van der Waals surface area contributed by atoms with Gasteiger partial charge in [0.05, 0.1) is 5.51 Å². The van der Waals surface area contributed by atoms with Gasteiger partial charge in [0, 0.05) is 30.2 Å². The number of rotatable bonds is 4. The summed E-state index contributed by atoms with van der Waals surface area (Å²) >= 11 is 1.66. The summed E-state index contributed by atoms with van der Waals surface area (Å²) in [7, 11) is 0. The van der Waals surface area contributed by atoms with Gasteiger partial charge in [-0.2, -0.15) is 0 Å². The van der Waals surface area contributed by atoms with Gasteiger partial charge < -0.3 is 11.1 Å². The maximum absolute atomic E-state index is 5.56. The van der Waals surface area contributed by atoms with Crippen molar-refractivity contribution in [2.75, 3.05) is 6.54 Å². The molecule has 1 aromatic rings. The second kappa shape index (κ2) is 4.43. The van der Waals surface area contributed by atoms with Crippen molar-refractivity contribution < 1.29 is 0 Å². The molecule has 0 amide bonds. The van der Waals surface area contributed by atoms with Crippen LogP contribution in [-0.4, -0.2) is 17.6 Å². The molecule has 62 valence electrons. The van der Waals surface area contributed by atoms with Crippen LogP contribution < -0.4 is 11.1 Å². The third-order valence-electron chi connectivity index (χ3n) is 1.25. The first-order chi connectivity index (χ1) is 5.29. The fourth-order valence-electron chi connectivity index (χ4n) is 0.752. The zero-order chi connectivity index (χ0) is 8.10. The van der Waals surface area contributed by atoms with E-state index in [1.54, 1.807) is 11.3 Å². The summed E-state index contributed by atoms with van der Waals surface area (Å²) in [6, 6.07) is 0.225. The highest BCUT2D eigenvalue weighted by molar-refractivity contribution is 7.09. The van der Waals surface area contributed by atoms with E-state index in [4.69, 9.17) is 5.73 Å². The molecule has 4 heteroatoms. The summed E-state index contributed by atoms with van der Waals surface area (Å²) in [5, 5.41) is 3.23. The predicted molar refractivity (Wildman–Crippen MR) is 47.5 cm³/mol.